The van der Waals surface area contributed by atoms with E-state index in [2.05, 4.69) is 5.32 Å². The monoisotopic (exact) mass is 337 g/mol. The number of urea groups is 1. The number of nitrogens with zero attached hydrogens (tertiary/aromatic N) is 1. The molecule has 24 heavy (non-hydrogen) atoms. The van der Waals surface area contributed by atoms with E-state index < -0.39 is 29.4 Å². The minimum atomic E-state index is -0.893. The molecule has 1 rings (SSSR count). The Morgan fingerprint density at radius 3 is 2.54 bits per heavy atom. The Labute approximate surface area is 138 Å². The van der Waals surface area contributed by atoms with Gasteiger partial charge >= 0.3 is 12.0 Å². The molecule has 0 aliphatic carbocycles. The SMILES string of the molecule is Cc1ccc(C(=O)OCC(=O)NC(=O)NCC(C)C)cc1[N+](=O)[O-]. The lowest BCUT2D eigenvalue weighted by Crippen LogP contribution is -2.42. The molecule has 3 amide bonds. The second kappa shape index (κ2) is 8.61. The van der Waals surface area contributed by atoms with Gasteiger partial charge in [0.15, 0.2) is 6.61 Å². The van der Waals surface area contributed by atoms with Crippen LogP contribution in [0.5, 0.6) is 0 Å². The van der Waals surface area contributed by atoms with E-state index in [0.29, 0.717) is 12.1 Å². The summed E-state index contributed by atoms with van der Waals surface area (Å²) < 4.78 is 4.74. The smallest absolute Gasteiger partial charge is 0.338 e. The summed E-state index contributed by atoms with van der Waals surface area (Å²) in [4.78, 5) is 44.9. The van der Waals surface area contributed by atoms with E-state index in [-0.39, 0.29) is 17.2 Å². The molecule has 9 nitrogen and oxygen atoms in total. The molecular weight excluding hydrogens is 318 g/mol. The number of nitro groups is 1. The molecule has 0 unspecified atom stereocenters. The van der Waals surface area contributed by atoms with Gasteiger partial charge in [-0.3, -0.25) is 20.2 Å². The zero-order chi connectivity index (χ0) is 18.3. The van der Waals surface area contributed by atoms with Crippen molar-refractivity contribution in [1.29, 1.82) is 0 Å². The Kier molecular flexibility index (Phi) is 6.84. The Morgan fingerprint density at radius 1 is 1.29 bits per heavy atom. The number of esters is 1. The number of hydrogen-bond donors (Lipinski definition) is 2. The molecule has 0 radical (unpaired) electrons. The van der Waals surface area contributed by atoms with Crippen molar-refractivity contribution < 1.29 is 24.0 Å². The molecule has 0 spiro atoms. The number of carbonyl (C=O) groups is 3. The minimum Gasteiger partial charge on any atom is -0.452 e. The predicted octanol–water partition coefficient (Wildman–Crippen LogP) is 1.54. The lowest BCUT2D eigenvalue weighted by atomic mass is 10.1. The van der Waals surface area contributed by atoms with Gasteiger partial charge in [-0.1, -0.05) is 19.9 Å². The standard InChI is InChI=1S/C15H19N3O6/c1-9(2)7-16-15(21)17-13(19)8-24-14(20)11-5-4-10(3)12(6-11)18(22)23/h4-6,9H,7-8H2,1-3H3,(H2,16,17,19,21). The van der Waals surface area contributed by atoms with E-state index in [0.717, 1.165) is 6.07 Å². The van der Waals surface area contributed by atoms with Crippen LogP contribution in [0.4, 0.5) is 10.5 Å². The second-order valence-electron chi connectivity index (χ2n) is 5.49. The first kappa shape index (κ1) is 19.1. The van der Waals surface area contributed by atoms with E-state index >= 15 is 0 Å². The average Bonchev–Trinajstić information content (AvgIpc) is 2.50. The van der Waals surface area contributed by atoms with Gasteiger partial charge in [0.1, 0.15) is 0 Å². The van der Waals surface area contributed by atoms with Crippen LogP contribution in [0.1, 0.15) is 29.8 Å². The Morgan fingerprint density at radius 2 is 1.96 bits per heavy atom. The van der Waals surface area contributed by atoms with Gasteiger partial charge < -0.3 is 10.1 Å². The molecule has 1 aromatic carbocycles. The highest BCUT2D eigenvalue weighted by molar-refractivity contribution is 5.97. The van der Waals surface area contributed by atoms with Crippen molar-refractivity contribution in [2.24, 2.45) is 5.92 Å². The van der Waals surface area contributed by atoms with Crippen LogP contribution in [-0.4, -0.2) is 36.0 Å². The number of aryl methyl sites for hydroxylation is 1. The molecule has 0 fully saturated rings. The summed E-state index contributed by atoms with van der Waals surface area (Å²) in [6.45, 7) is 5.05. The van der Waals surface area contributed by atoms with E-state index in [4.69, 9.17) is 4.74 Å². The Balaban J connectivity index is 2.54. The van der Waals surface area contributed by atoms with Gasteiger partial charge in [-0.15, -0.1) is 0 Å². The number of ether oxygens (including phenoxy) is 1. The maximum absolute atomic E-state index is 11.8. The number of carbonyl (C=O) groups excluding carboxylic acids is 3. The van der Waals surface area contributed by atoms with Gasteiger partial charge in [0, 0.05) is 18.2 Å². The van der Waals surface area contributed by atoms with Crippen LogP contribution in [-0.2, 0) is 9.53 Å². The molecule has 0 saturated heterocycles. The number of nitro benzene ring substituents is 1. The largest absolute Gasteiger partial charge is 0.452 e. The quantitative estimate of drug-likeness (QED) is 0.460. The zero-order valence-corrected chi connectivity index (χ0v) is 13.6. The highest BCUT2D eigenvalue weighted by Crippen LogP contribution is 2.19. The van der Waals surface area contributed by atoms with Gasteiger partial charge in [-0.2, -0.15) is 0 Å². The molecule has 1 aromatic rings. The number of rotatable bonds is 6. The van der Waals surface area contributed by atoms with Crippen molar-refractivity contribution in [1.82, 2.24) is 10.6 Å². The van der Waals surface area contributed by atoms with Crippen LogP contribution < -0.4 is 10.6 Å². The molecule has 0 aromatic heterocycles. The summed E-state index contributed by atoms with van der Waals surface area (Å²) in [5.74, 6) is -1.47. The molecular formula is C15H19N3O6. The Hall–Kier alpha value is -2.97. The maximum Gasteiger partial charge on any atom is 0.338 e. The minimum absolute atomic E-state index is 0.0515. The van der Waals surface area contributed by atoms with Gasteiger partial charge in [0.25, 0.3) is 11.6 Å². The number of nitrogens with one attached hydrogen (secondary N) is 2. The fourth-order valence-electron chi connectivity index (χ4n) is 1.65. The second-order valence-corrected chi connectivity index (χ2v) is 5.49. The number of amides is 3. The van der Waals surface area contributed by atoms with E-state index in [1.807, 2.05) is 19.2 Å². The molecule has 2 N–H and O–H groups in total. The first-order valence-electron chi connectivity index (χ1n) is 7.20. The summed E-state index contributed by atoms with van der Waals surface area (Å²) in [6.07, 6.45) is 0. The van der Waals surface area contributed by atoms with E-state index in [1.165, 1.54) is 19.1 Å². The van der Waals surface area contributed by atoms with Gasteiger partial charge in [0.2, 0.25) is 0 Å². The molecule has 130 valence electrons. The summed E-state index contributed by atoms with van der Waals surface area (Å²) in [7, 11) is 0. The molecule has 0 aliphatic rings. The van der Waals surface area contributed by atoms with Crippen LogP contribution in [0.3, 0.4) is 0 Å². The Bertz CT molecular complexity index is 657. The molecule has 0 heterocycles. The van der Waals surface area contributed by atoms with Crippen molar-refractivity contribution in [3.05, 3.63) is 39.4 Å². The van der Waals surface area contributed by atoms with Crippen LogP contribution in [0.25, 0.3) is 0 Å². The van der Waals surface area contributed by atoms with Crippen LogP contribution >= 0.6 is 0 Å². The lowest BCUT2D eigenvalue weighted by molar-refractivity contribution is -0.385. The third-order valence-electron chi connectivity index (χ3n) is 2.90. The zero-order valence-electron chi connectivity index (χ0n) is 13.6. The lowest BCUT2D eigenvalue weighted by Gasteiger charge is -2.09. The normalized spacial score (nSPS) is 10.2. The highest BCUT2D eigenvalue weighted by Gasteiger charge is 2.17. The third-order valence-corrected chi connectivity index (χ3v) is 2.90. The van der Waals surface area contributed by atoms with E-state index in [1.54, 1.807) is 0 Å². The number of benzene rings is 1. The summed E-state index contributed by atoms with van der Waals surface area (Å²) >= 11 is 0. The fraction of sp³-hybridized carbons (Fsp3) is 0.400. The van der Waals surface area contributed by atoms with Crippen LogP contribution in [0.15, 0.2) is 18.2 Å². The molecule has 9 heteroatoms. The van der Waals surface area contributed by atoms with Crippen LogP contribution in [0, 0.1) is 23.0 Å². The summed E-state index contributed by atoms with van der Waals surface area (Å²) in [5, 5.41) is 15.3. The molecule has 0 aliphatic heterocycles. The fourth-order valence-corrected chi connectivity index (χ4v) is 1.65. The molecule has 0 saturated carbocycles. The summed E-state index contributed by atoms with van der Waals surface area (Å²) in [5.41, 5.74) is 0.127. The first-order valence-corrected chi connectivity index (χ1v) is 7.20. The van der Waals surface area contributed by atoms with Gasteiger partial charge in [0.05, 0.1) is 10.5 Å². The molecule has 0 bridgehead atoms. The van der Waals surface area contributed by atoms with Crippen molar-refractivity contribution in [2.45, 2.75) is 20.8 Å². The average molecular weight is 337 g/mol. The van der Waals surface area contributed by atoms with Gasteiger partial charge in [-0.05, 0) is 18.9 Å². The topological polar surface area (TPSA) is 128 Å². The third kappa shape index (κ3) is 6.03. The van der Waals surface area contributed by atoms with Crippen molar-refractivity contribution in [2.75, 3.05) is 13.2 Å². The van der Waals surface area contributed by atoms with Crippen LogP contribution in [0.2, 0.25) is 0 Å². The first-order chi connectivity index (χ1) is 11.2. The predicted molar refractivity (Wildman–Crippen MR) is 84.5 cm³/mol. The number of hydrogen-bond acceptors (Lipinski definition) is 6. The van der Waals surface area contributed by atoms with Crippen molar-refractivity contribution in [3.8, 4) is 0 Å². The van der Waals surface area contributed by atoms with Gasteiger partial charge in [-0.25, -0.2) is 9.59 Å². The maximum atomic E-state index is 11.8. The van der Waals surface area contributed by atoms with E-state index in [9.17, 15) is 24.5 Å². The summed E-state index contributed by atoms with van der Waals surface area (Å²) in [6, 6.07) is 3.16. The van der Waals surface area contributed by atoms with Crippen molar-refractivity contribution >= 4 is 23.6 Å². The van der Waals surface area contributed by atoms with Crippen molar-refractivity contribution in [3.63, 3.8) is 0 Å². The molecule has 0 atom stereocenters. The highest BCUT2D eigenvalue weighted by atomic mass is 16.6. The number of imide groups is 1.